The van der Waals surface area contributed by atoms with Gasteiger partial charge in [0.2, 0.25) is 0 Å². The van der Waals surface area contributed by atoms with E-state index in [4.69, 9.17) is 18.9 Å². The highest BCUT2D eigenvalue weighted by molar-refractivity contribution is 14.1. The lowest BCUT2D eigenvalue weighted by molar-refractivity contribution is 0.0476. The van der Waals surface area contributed by atoms with Crippen molar-refractivity contribution in [1.29, 1.82) is 0 Å². The van der Waals surface area contributed by atoms with Crippen LogP contribution in [0.2, 0.25) is 0 Å². The van der Waals surface area contributed by atoms with E-state index in [0.29, 0.717) is 37.2 Å². The molecular weight excluding hydrogens is 1080 g/mol. The molecule has 4 aromatic carbocycles. The number of esters is 2. The Labute approximate surface area is 350 Å². The zero-order chi connectivity index (χ0) is 36.6. The van der Waals surface area contributed by atoms with Gasteiger partial charge in [0.05, 0.1) is 51.8 Å². The molecule has 0 atom stereocenters. The van der Waals surface area contributed by atoms with Crippen molar-refractivity contribution in [1.82, 2.24) is 0 Å². The number of hydrogen-bond donors (Lipinski definition) is 0. The fourth-order valence-corrected chi connectivity index (χ4v) is 8.98. The summed E-state index contributed by atoms with van der Waals surface area (Å²) in [5.41, 5.74) is 5.49. The smallest absolute Gasteiger partial charge is 0.338 e. The minimum absolute atomic E-state index is 0.0710. The summed E-state index contributed by atoms with van der Waals surface area (Å²) in [7, 11) is 0. The quantitative estimate of drug-likeness (QED) is 0.0755. The Morgan fingerprint density at radius 2 is 0.800 bits per heavy atom. The maximum atomic E-state index is 12.6. The molecule has 0 aromatic heterocycles. The molecule has 6 nitrogen and oxygen atoms in total. The summed E-state index contributed by atoms with van der Waals surface area (Å²) >= 11 is 9.26. The van der Waals surface area contributed by atoms with Crippen molar-refractivity contribution in [2.45, 2.75) is 65.2 Å². The lowest BCUT2D eigenvalue weighted by Gasteiger charge is -2.21. The van der Waals surface area contributed by atoms with E-state index in [2.05, 4.69) is 156 Å². The van der Waals surface area contributed by atoms with Crippen LogP contribution in [0.4, 0.5) is 0 Å². The van der Waals surface area contributed by atoms with Gasteiger partial charge < -0.3 is 18.9 Å². The van der Waals surface area contributed by atoms with Crippen molar-refractivity contribution in [2.75, 3.05) is 26.4 Å². The van der Waals surface area contributed by atoms with Crippen molar-refractivity contribution in [3.63, 3.8) is 0 Å². The van der Waals surface area contributed by atoms with E-state index in [9.17, 15) is 9.59 Å². The largest absolute Gasteiger partial charge is 0.491 e. The van der Waals surface area contributed by atoms with Gasteiger partial charge in [-0.3, -0.25) is 0 Å². The summed E-state index contributed by atoms with van der Waals surface area (Å²) in [5.74, 6) is 0.994. The molecule has 266 valence electrons. The molecule has 0 unspecified atom stereocenters. The van der Waals surface area contributed by atoms with Gasteiger partial charge in [-0.2, -0.15) is 0 Å². The van der Waals surface area contributed by atoms with E-state index >= 15 is 0 Å². The van der Waals surface area contributed by atoms with Crippen molar-refractivity contribution in [3.8, 4) is 22.6 Å². The van der Waals surface area contributed by atoms with Crippen LogP contribution >= 0.6 is 90.4 Å². The minimum Gasteiger partial charge on any atom is -0.491 e. The van der Waals surface area contributed by atoms with Gasteiger partial charge in [-0.05, 0) is 172 Å². The van der Waals surface area contributed by atoms with Crippen LogP contribution in [0.15, 0.2) is 72.8 Å². The second-order valence-electron chi connectivity index (χ2n) is 13.9. The van der Waals surface area contributed by atoms with E-state index in [1.807, 2.05) is 24.3 Å². The molecule has 0 N–H and O–H groups in total. The Hall–Kier alpha value is -1.66. The fraction of sp³-hybridized carbons (Fsp3) is 0.350. The highest BCUT2D eigenvalue weighted by atomic mass is 127. The summed E-state index contributed by atoms with van der Waals surface area (Å²) in [4.78, 5) is 25.3. The molecule has 0 amide bonds. The van der Waals surface area contributed by atoms with Crippen molar-refractivity contribution in [3.05, 3.63) is 109 Å². The molecule has 0 saturated heterocycles. The predicted octanol–water partition coefficient (Wildman–Crippen LogP) is 11.6. The first-order valence-electron chi connectivity index (χ1n) is 16.3. The van der Waals surface area contributed by atoms with Gasteiger partial charge >= 0.3 is 11.9 Å². The summed E-state index contributed by atoms with van der Waals surface area (Å²) in [6.07, 6.45) is 1.18. The molecule has 0 heterocycles. The van der Waals surface area contributed by atoms with Crippen LogP contribution in [-0.2, 0) is 20.3 Å². The van der Waals surface area contributed by atoms with E-state index in [0.717, 1.165) is 36.9 Å². The molecule has 0 aliphatic rings. The lowest BCUT2D eigenvalue weighted by atomic mass is 9.87. The Kier molecular flexibility index (Phi) is 15.1. The minimum atomic E-state index is -0.373. The maximum Gasteiger partial charge on any atom is 0.338 e. The Morgan fingerprint density at radius 3 is 1.08 bits per heavy atom. The number of halogens is 4. The van der Waals surface area contributed by atoms with E-state index in [-0.39, 0.29) is 36.0 Å². The number of rotatable bonds is 13. The highest BCUT2D eigenvalue weighted by Gasteiger charge is 2.19. The van der Waals surface area contributed by atoms with Gasteiger partial charge in [0, 0.05) is 12.8 Å². The standard InChI is InChI=1S/C40H42I4O6/c1-39(2,3)29-21-31(41)35(32(42)22-29)47-17-7-19-49-37(45)27-13-9-25(10-14-27)26-11-15-28(16-12-26)38(46)50-20-8-18-48-36-33(43)23-30(24-34(36)44)40(4,5)6/h9-16,21-24H,7-8,17-20H2,1-6H3. The average Bonchev–Trinajstić information content (AvgIpc) is 3.05. The molecule has 4 aromatic rings. The Morgan fingerprint density at radius 1 is 0.500 bits per heavy atom. The van der Waals surface area contributed by atoms with Crippen LogP contribution in [0.3, 0.4) is 0 Å². The summed E-state index contributed by atoms with van der Waals surface area (Å²) in [5, 5.41) is 0. The molecule has 0 radical (unpaired) electrons. The first-order chi connectivity index (χ1) is 23.5. The van der Waals surface area contributed by atoms with Crippen molar-refractivity contribution in [2.24, 2.45) is 0 Å². The topological polar surface area (TPSA) is 71.1 Å². The zero-order valence-electron chi connectivity index (χ0n) is 29.1. The fourth-order valence-electron chi connectivity index (χ4n) is 4.82. The monoisotopic (exact) mass is 1130 g/mol. The second-order valence-corrected chi connectivity index (χ2v) is 18.5. The SMILES string of the molecule is CC(C)(C)c1cc(I)c(OCCCOC(=O)c2ccc(-c3ccc(C(=O)OCCCOc4c(I)cc(C(C)(C)C)cc4I)cc3)cc2)c(I)c1. The molecule has 0 aliphatic heterocycles. The van der Waals surface area contributed by atoms with Gasteiger partial charge in [0.1, 0.15) is 11.5 Å². The summed E-state index contributed by atoms with van der Waals surface area (Å²) < 4.78 is 27.3. The van der Waals surface area contributed by atoms with Crippen LogP contribution < -0.4 is 9.47 Å². The van der Waals surface area contributed by atoms with Crippen LogP contribution in [0.5, 0.6) is 11.5 Å². The number of carbonyl (C=O) groups excluding carboxylic acids is 2. The first-order valence-corrected chi connectivity index (χ1v) is 20.7. The Balaban J connectivity index is 1.18. The predicted molar refractivity (Wildman–Crippen MR) is 234 cm³/mol. The van der Waals surface area contributed by atoms with E-state index in [1.54, 1.807) is 24.3 Å². The molecule has 50 heavy (non-hydrogen) atoms. The zero-order valence-corrected chi connectivity index (χ0v) is 37.8. The van der Waals surface area contributed by atoms with Crippen LogP contribution in [0.1, 0.15) is 86.2 Å². The molecular formula is C40H42I4O6. The molecule has 10 heteroatoms. The van der Waals surface area contributed by atoms with Gasteiger partial charge in [-0.1, -0.05) is 65.8 Å². The second kappa shape index (κ2) is 18.4. The number of carbonyl (C=O) groups is 2. The highest BCUT2D eigenvalue weighted by Crippen LogP contribution is 2.35. The first kappa shape index (κ1) is 41.1. The molecule has 0 aliphatic carbocycles. The number of hydrogen-bond acceptors (Lipinski definition) is 6. The van der Waals surface area contributed by atoms with E-state index < -0.39 is 0 Å². The Bertz CT molecular complexity index is 1610. The third kappa shape index (κ3) is 11.7. The maximum absolute atomic E-state index is 12.6. The third-order valence-electron chi connectivity index (χ3n) is 7.84. The summed E-state index contributed by atoms with van der Waals surface area (Å²) in [6.45, 7) is 14.6. The van der Waals surface area contributed by atoms with Crippen LogP contribution in [-0.4, -0.2) is 38.4 Å². The van der Waals surface area contributed by atoms with Crippen molar-refractivity contribution < 1.29 is 28.5 Å². The molecule has 0 bridgehead atoms. The molecule has 0 spiro atoms. The lowest BCUT2D eigenvalue weighted by Crippen LogP contribution is -2.13. The van der Waals surface area contributed by atoms with Crippen LogP contribution in [0, 0.1) is 14.3 Å². The third-order valence-corrected chi connectivity index (χ3v) is 11.0. The van der Waals surface area contributed by atoms with Gasteiger partial charge in [-0.15, -0.1) is 0 Å². The number of ether oxygens (including phenoxy) is 4. The van der Waals surface area contributed by atoms with Crippen LogP contribution in [0.25, 0.3) is 11.1 Å². The molecule has 0 saturated carbocycles. The summed E-state index contributed by atoms with van der Waals surface area (Å²) in [6, 6.07) is 23.2. The van der Waals surface area contributed by atoms with Crippen molar-refractivity contribution >= 4 is 102 Å². The molecule has 4 rings (SSSR count). The van der Waals surface area contributed by atoms with Gasteiger partial charge in [0.15, 0.2) is 0 Å². The number of benzene rings is 4. The van der Waals surface area contributed by atoms with Gasteiger partial charge in [-0.25, -0.2) is 9.59 Å². The normalized spacial score (nSPS) is 11.6. The van der Waals surface area contributed by atoms with E-state index in [1.165, 1.54) is 11.1 Å². The van der Waals surface area contributed by atoms with Gasteiger partial charge in [0.25, 0.3) is 0 Å². The molecule has 0 fully saturated rings. The average molecular weight is 1130 g/mol.